The molecule has 2 aliphatic carbocycles. The molecule has 2 nitrogen and oxygen atoms in total. The third kappa shape index (κ3) is 9.63. The number of unbranched alkanes of at least 4 members (excludes halogenated alkanes) is 4. The fourth-order valence-corrected chi connectivity index (χ4v) is 5.89. The van der Waals surface area contributed by atoms with E-state index in [1.807, 2.05) is 0 Å². The minimum absolute atomic E-state index is 0.0335. The molecule has 0 N–H and O–H groups in total. The van der Waals surface area contributed by atoms with E-state index >= 15 is 0 Å². The zero-order valence-electron chi connectivity index (χ0n) is 22.2. The van der Waals surface area contributed by atoms with Crippen molar-refractivity contribution >= 4 is 11.6 Å². The number of rotatable bonds is 14. The molecule has 3 rings (SSSR count). The second-order valence-corrected chi connectivity index (χ2v) is 11.4. The van der Waals surface area contributed by atoms with E-state index in [2.05, 4.69) is 26.0 Å². The summed E-state index contributed by atoms with van der Waals surface area (Å²) in [5.74, 6) is 3.11. The Hall–Kier alpha value is -1.22. The molecule has 2 saturated carbocycles. The van der Waals surface area contributed by atoms with Crippen LogP contribution >= 0.6 is 11.6 Å². The van der Waals surface area contributed by atoms with Crippen molar-refractivity contribution in [2.45, 2.75) is 110 Å². The van der Waals surface area contributed by atoms with Gasteiger partial charge in [0.2, 0.25) is 0 Å². The average Bonchev–Trinajstić information content (AvgIpc) is 2.89. The normalized spacial score (nSPS) is 25.1. The summed E-state index contributed by atoms with van der Waals surface area (Å²) in [7, 11) is 0. The molecule has 35 heavy (non-hydrogen) atoms. The van der Waals surface area contributed by atoms with E-state index < -0.39 is 5.82 Å². The second kappa shape index (κ2) is 15.8. The highest BCUT2D eigenvalue weighted by atomic mass is 35.5. The molecule has 0 aromatic heterocycles. The van der Waals surface area contributed by atoms with E-state index in [1.54, 1.807) is 12.1 Å². The molecule has 1 aromatic rings. The summed E-state index contributed by atoms with van der Waals surface area (Å²) in [6.45, 7) is 5.60. The Morgan fingerprint density at radius 1 is 0.771 bits per heavy atom. The van der Waals surface area contributed by atoms with Gasteiger partial charge in [0.25, 0.3) is 0 Å². The lowest BCUT2D eigenvalue weighted by molar-refractivity contribution is 0.188. The van der Waals surface area contributed by atoms with Crippen LogP contribution in [-0.4, -0.2) is 13.2 Å². The van der Waals surface area contributed by atoms with Crippen molar-refractivity contribution in [2.75, 3.05) is 13.2 Å². The molecular weight excluding hydrogens is 459 g/mol. The molecule has 0 unspecified atom stereocenters. The molecule has 0 radical (unpaired) electrons. The van der Waals surface area contributed by atoms with Crippen molar-refractivity contribution in [3.05, 3.63) is 35.1 Å². The molecule has 0 heterocycles. The van der Waals surface area contributed by atoms with Gasteiger partial charge < -0.3 is 9.47 Å². The van der Waals surface area contributed by atoms with Crippen molar-refractivity contribution in [2.24, 2.45) is 23.7 Å². The highest BCUT2D eigenvalue weighted by Gasteiger charge is 2.23. The smallest absolute Gasteiger partial charge is 0.187 e. The van der Waals surface area contributed by atoms with E-state index in [4.69, 9.17) is 21.1 Å². The Kier molecular flexibility index (Phi) is 12.8. The van der Waals surface area contributed by atoms with Gasteiger partial charge in [-0.2, -0.15) is 0 Å². The summed E-state index contributed by atoms with van der Waals surface area (Å²) >= 11 is 6.22. The molecule has 0 saturated heterocycles. The molecule has 0 aliphatic heterocycles. The van der Waals surface area contributed by atoms with E-state index in [0.717, 1.165) is 37.5 Å². The van der Waals surface area contributed by atoms with Crippen molar-refractivity contribution < 1.29 is 13.9 Å². The molecule has 2 aliphatic rings. The molecule has 1 aromatic carbocycles. The molecule has 198 valence electrons. The lowest BCUT2D eigenvalue weighted by Gasteiger charge is -2.29. The second-order valence-electron chi connectivity index (χ2n) is 11.0. The third-order valence-corrected chi connectivity index (χ3v) is 8.50. The fraction of sp³-hybridized carbons (Fsp3) is 0.742. The Bertz CT molecular complexity index is 749. The number of halogens is 2. The van der Waals surface area contributed by atoms with Gasteiger partial charge in [0, 0.05) is 0 Å². The van der Waals surface area contributed by atoms with Gasteiger partial charge in [-0.25, -0.2) is 4.39 Å². The molecular formula is C31H48ClFO2. The first-order chi connectivity index (χ1) is 17.1. The van der Waals surface area contributed by atoms with Crippen LogP contribution in [0.5, 0.6) is 11.5 Å². The molecule has 0 spiro atoms. The van der Waals surface area contributed by atoms with Crippen LogP contribution in [0.2, 0.25) is 5.02 Å². The maximum Gasteiger partial charge on any atom is 0.187 e. The van der Waals surface area contributed by atoms with E-state index in [0.29, 0.717) is 30.8 Å². The maximum atomic E-state index is 14.7. The van der Waals surface area contributed by atoms with Crippen LogP contribution < -0.4 is 9.47 Å². The molecule has 0 atom stereocenters. The summed E-state index contributed by atoms with van der Waals surface area (Å²) in [5.41, 5.74) is 0. The van der Waals surface area contributed by atoms with Crippen molar-refractivity contribution in [3.63, 3.8) is 0 Å². The topological polar surface area (TPSA) is 18.5 Å². The zero-order chi connectivity index (χ0) is 24.9. The summed E-state index contributed by atoms with van der Waals surface area (Å²) in [6, 6.07) is 3.40. The minimum Gasteiger partial charge on any atom is -0.492 e. The summed E-state index contributed by atoms with van der Waals surface area (Å²) in [4.78, 5) is 0. The van der Waals surface area contributed by atoms with Crippen LogP contribution in [0.1, 0.15) is 110 Å². The predicted molar refractivity (Wildman–Crippen MR) is 146 cm³/mol. The molecule has 0 bridgehead atoms. The first-order valence-electron chi connectivity index (χ1n) is 14.5. The van der Waals surface area contributed by atoms with Gasteiger partial charge in [0.05, 0.1) is 13.2 Å². The van der Waals surface area contributed by atoms with E-state index in [1.165, 1.54) is 70.6 Å². The Morgan fingerprint density at radius 3 is 2.00 bits per heavy atom. The SMILES string of the molecule is CCCCCCOc1ccc(OCC2CCC(/C=C/C3CCC(CCCC)CC3)CC2)c(F)c1Cl. The Morgan fingerprint density at radius 2 is 1.37 bits per heavy atom. The Labute approximate surface area is 219 Å². The zero-order valence-corrected chi connectivity index (χ0v) is 23.0. The van der Waals surface area contributed by atoms with Crippen LogP contribution in [0.4, 0.5) is 4.39 Å². The van der Waals surface area contributed by atoms with Crippen LogP contribution in [0.15, 0.2) is 24.3 Å². The van der Waals surface area contributed by atoms with Gasteiger partial charge >= 0.3 is 0 Å². The standard InChI is InChI=1S/C31H48ClFO2/c1-3-5-7-8-22-34-28-20-21-29(31(33)30(28)32)35-23-27-18-16-26(17-19-27)15-14-25-12-10-24(11-13-25)9-6-4-2/h14-15,20-21,24-27H,3-13,16-19,22-23H2,1-2H3/b15-14+. The lowest BCUT2D eigenvalue weighted by atomic mass is 9.78. The first-order valence-corrected chi connectivity index (χ1v) is 14.9. The van der Waals surface area contributed by atoms with Gasteiger partial charge in [-0.15, -0.1) is 0 Å². The van der Waals surface area contributed by atoms with E-state index in [-0.39, 0.29) is 10.8 Å². The highest BCUT2D eigenvalue weighted by molar-refractivity contribution is 6.32. The summed E-state index contributed by atoms with van der Waals surface area (Å²) in [6.07, 6.45) is 24.0. The quantitative estimate of drug-likeness (QED) is 0.184. The summed E-state index contributed by atoms with van der Waals surface area (Å²) in [5, 5.41) is 0.0335. The van der Waals surface area contributed by atoms with Crippen molar-refractivity contribution in [1.29, 1.82) is 0 Å². The molecule has 4 heteroatoms. The van der Waals surface area contributed by atoms with Crippen LogP contribution in [0.3, 0.4) is 0 Å². The highest BCUT2D eigenvalue weighted by Crippen LogP contribution is 2.36. The van der Waals surface area contributed by atoms with Crippen LogP contribution in [0, 0.1) is 29.5 Å². The predicted octanol–water partition coefficient (Wildman–Crippen LogP) is 10.2. The summed E-state index contributed by atoms with van der Waals surface area (Å²) < 4.78 is 26.3. The molecule has 2 fully saturated rings. The number of benzene rings is 1. The number of hydrogen-bond acceptors (Lipinski definition) is 2. The van der Waals surface area contributed by atoms with Gasteiger partial charge in [0.15, 0.2) is 11.6 Å². The first kappa shape index (κ1) is 28.4. The van der Waals surface area contributed by atoms with Gasteiger partial charge in [-0.1, -0.05) is 76.1 Å². The van der Waals surface area contributed by atoms with Crippen LogP contribution in [0.25, 0.3) is 0 Å². The lowest BCUT2D eigenvalue weighted by Crippen LogP contribution is -2.20. The largest absolute Gasteiger partial charge is 0.492 e. The van der Waals surface area contributed by atoms with Crippen LogP contribution in [-0.2, 0) is 0 Å². The van der Waals surface area contributed by atoms with Gasteiger partial charge in [0.1, 0.15) is 10.8 Å². The average molecular weight is 507 g/mol. The third-order valence-electron chi connectivity index (χ3n) is 8.15. The minimum atomic E-state index is -0.501. The fourth-order valence-electron chi connectivity index (χ4n) is 5.68. The monoisotopic (exact) mass is 506 g/mol. The van der Waals surface area contributed by atoms with E-state index in [9.17, 15) is 4.39 Å². The van der Waals surface area contributed by atoms with Crippen molar-refractivity contribution in [1.82, 2.24) is 0 Å². The number of hydrogen-bond donors (Lipinski definition) is 0. The number of ether oxygens (including phenoxy) is 2. The van der Waals surface area contributed by atoms with Gasteiger partial charge in [-0.3, -0.25) is 0 Å². The Balaban J connectivity index is 1.34. The number of allylic oxidation sites excluding steroid dienone is 2. The van der Waals surface area contributed by atoms with Gasteiger partial charge in [-0.05, 0) is 93.6 Å². The molecule has 0 amide bonds. The van der Waals surface area contributed by atoms with Crippen molar-refractivity contribution in [3.8, 4) is 11.5 Å². The maximum absolute atomic E-state index is 14.7.